The number of benzene rings is 2. The molecule has 0 atom stereocenters. The summed E-state index contributed by atoms with van der Waals surface area (Å²) in [5.74, 6) is -0.191. The first-order valence-electron chi connectivity index (χ1n) is 12.5. The van der Waals surface area contributed by atoms with E-state index in [0.717, 1.165) is 58.9 Å². The lowest BCUT2D eigenvalue weighted by molar-refractivity contribution is -0.128. The predicted molar refractivity (Wildman–Crippen MR) is 136 cm³/mol. The molecule has 0 spiro atoms. The molecule has 2 heterocycles. The van der Waals surface area contributed by atoms with Gasteiger partial charge in [0.05, 0.1) is 19.3 Å². The molecule has 0 aliphatic carbocycles. The highest BCUT2D eigenvalue weighted by atomic mass is 16.5. The van der Waals surface area contributed by atoms with Crippen LogP contribution >= 0.6 is 0 Å². The van der Waals surface area contributed by atoms with Crippen molar-refractivity contribution in [2.45, 2.75) is 12.5 Å². The summed E-state index contributed by atoms with van der Waals surface area (Å²) in [5, 5.41) is 12.8. The minimum absolute atomic E-state index is 0.147. The van der Waals surface area contributed by atoms with Gasteiger partial charge in [0.15, 0.2) is 0 Å². The van der Waals surface area contributed by atoms with Crippen molar-refractivity contribution in [2.24, 2.45) is 0 Å². The number of hydrogen-bond acceptors (Lipinski definition) is 6. The zero-order valence-electron chi connectivity index (χ0n) is 20.3. The second kappa shape index (κ2) is 13.1. The van der Waals surface area contributed by atoms with Crippen LogP contribution in [0.25, 0.3) is 0 Å². The summed E-state index contributed by atoms with van der Waals surface area (Å²) < 4.78 is 5.37. The van der Waals surface area contributed by atoms with E-state index in [2.05, 4.69) is 69.7 Å². The van der Waals surface area contributed by atoms with Crippen molar-refractivity contribution in [3.05, 3.63) is 83.6 Å². The van der Waals surface area contributed by atoms with Crippen molar-refractivity contribution in [2.75, 3.05) is 65.6 Å². The minimum atomic E-state index is -0.191. The van der Waals surface area contributed by atoms with Gasteiger partial charge in [0.1, 0.15) is 11.6 Å². The maximum Gasteiger partial charge on any atom is 0.266 e. The van der Waals surface area contributed by atoms with Crippen molar-refractivity contribution in [3.8, 4) is 6.07 Å². The molecule has 0 radical (unpaired) electrons. The number of nitrogens with one attached hydrogen (secondary N) is 1. The third-order valence-electron chi connectivity index (χ3n) is 6.69. The zero-order valence-corrected chi connectivity index (χ0v) is 20.3. The van der Waals surface area contributed by atoms with Gasteiger partial charge in [0.25, 0.3) is 5.91 Å². The normalized spacial score (nSPS) is 17.8. The Morgan fingerprint density at radius 1 is 0.943 bits per heavy atom. The van der Waals surface area contributed by atoms with Gasteiger partial charge in [0, 0.05) is 52.0 Å². The van der Waals surface area contributed by atoms with Gasteiger partial charge in [-0.3, -0.25) is 14.6 Å². The lowest BCUT2D eigenvalue weighted by atomic mass is 9.96. The molecule has 7 heteroatoms. The number of piperazine rings is 1. The monoisotopic (exact) mass is 473 g/mol. The molecular weight excluding hydrogens is 438 g/mol. The highest BCUT2D eigenvalue weighted by Crippen LogP contribution is 2.29. The summed E-state index contributed by atoms with van der Waals surface area (Å²) in [6, 6.07) is 23.3. The molecule has 2 aromatic carbocycles. The number of carbonyl (C=O) groups is 1. The standard InChI is InChI=1S/C28H35N5O2/c29-22-26(23-30-12-7-13-31-18-20-35-21-19-31)28(34)33-16-14-32(15-17-33)27(24-8-3-1-4-9-24)25-10-5-2-6-11-25/h1-6,8-11,23,27,30H,7,12-21H2/b26-23-. The van der Waals surface area contributed by atoms with Crippen molar-refractivity contribution in [1.82, 2.24) is 20.0 Å². The van der Waals surface area contributed by atoms with Crippen LogP contribution in [0.1, 0.15) is 23.6 Å². The molecular formula is C28H35N5O2. The van der Waals surface area contributed by atoms with Gasteiger partial charge in [-0.05, 0) is 24.1 Å². The van der Waals surface area contributed by atoms with Crippen LogP contribution in [0.2, 0.25) is 0 Å². The lowest BCUT2D eigenvalue weighted by Crippen LogP contribution is -2.50. The Morgan fingerprint density at radius 2 is 1.54 bits per heavy atom. The third kappa shape index (κ3) is 6.92. The molecule has 0 aromatic heterocycles. The summed E-state index contributed by atoms with van der Waals surface area (Å²) in [5.41, 5.74) is 2.67. The summed E-state index contributed by atoms with van der Waals surface area (Å²) in [6.45, 7) is 7.98. The van der Waals surface area contributed by atoms with Crippen molar-refractivity contribution in [3.63, 3.8) is 0 Å². The van der Waals surface area contributed by atoms with E-state index in [0.29, 0.717) is 13.1 Å². The van der Waals surface area contributed by atoms with Crippen LogP contribution in [0.4, 0.5) is 0 Å². The van der Waals surface area contributed by atoms with E-state index in [1.807, 2.05) is 12.1 Å². The second-order valence-corrected chi connectivity index (χ2v) is 8.98. The van der Waals surface area contributed by atoms with Crippen LogP contribution in [0, 0.1) is 11.3 Å². The number of morpholine rings is 1. The van der Waals surface area contributed by atoms with Gasteiger partial charge in [-0.15, -0.1) is 0 Å². The van der Waals surface area contributed by atoms with Crippen LogP contribution in [0.3, 0.4) is 0 Å². The highest BCUT2D eigenvalue weighted by Gasteiger charge is 2.29. The van der Waals surface area contributed by atoms with Crippen LogP contribution < -0.4 is 5.32 Å². The third-order valence-corrected chi connectivity index (χ3v) is 6.69. The lowest BCUT2D eigenvalue weighted by Gasteiger charge is -2.39. The Hall–Kier alpha value is -3.18. The first-order chi connectivity index (χ1) is 17.3. The molecule has 2 saturated heterocycles. The quantitative estimate of drug-likeness (QED) is 0.343. The minimum Gasteiger partial charge on any atom is -0.390 e. The van der Waals surface area contributed by atoms with Crippen LogP contribution in [-0.2, 0) is 9.53 Å². The fourth-order valence-corrected chi connectivity index (χ4v) is 4.78. The topological polar surface area (TPSA) is 71.8 Å². The Bertz CT molecular complexity index is 952. The Morgan fingerprint density at radius 3 is 2.11 bits per heavy atom. The molecule has 0 saturated carbocycles. The number of nitriles is 1. The fourth-order valence-electron chi connectivity index (χ4n) is 4.78. The summed E-state index contributed by atoms with van der Waals surface area (Å²) in [6.07, 6.45) is 2.55. The molecule has 2 aliphatic heterocycles. The molecule has 2 aliphatic rings. The number of nitrogens with zero attached hydrogens (tertiary/aromatic N) is 4. The Balaban J connectivity index is 1.30. The van der Waals surface area contributed by atoms with E-state index in [4.69, 9.17) is 4.74 Å². The van der Waals surface area contributed by atoms with E-state index in [9.17, 15) is 10.1 Å². The number of hydrogen-bond donors (Lipinski definition) is 1. The average molecular weight is 474 g/mol. The summed E-state index contributed by atoms with van der Waals surface area (Å²) >= 11 is 0. The van der Waals surface area contributed by atoms with Crippen molar-refractivity contribution < 1.29 is 9.53 Å². The molecule has 1 amide bonds. The molecule has 2 aromatic rings. The number of carbonyl (C=O) groups excluding carboxylic acids is 1. The molecule has 184 valence electrons. The molecule has 1 N–H and O–H groups in total. The molecule has 0 unspecified atom stereocenters. The Labute approximate surface area is 208 Å². The van der Waals surface area contributed by atoms with E-state index in [1.54, 1.807) is 11.1 Å². The smallest absolute Gasteiger partial charge is 0.266 e. The van der Waals surface area contributed by atoms with Crippen LogP contribution in [-0.4, -0.2) is 86.2 Å². The van der Waals surface area contributed by atoms with Gasteiger partial charge in [-0.25, -0.2) is 0 Å². The first-order valence-corrected chi connectivity index (χ1v) is 12.5. The molecule has 0 bridgehead atoms. The van der Waals surface area contributed by atoms with Gasteiger partial charge in [0.2, 0.25) is 0 Å². The van der Waals surface area contributed by atoms with Crippen LogP contribution in [0.15, 0.2) is 72.4 Å². The van der Waals surface area contributed by atoms with Crippen molar-refractivity contribution in [1.29, 1.82) is 5.26 Å². The van der Waals surface area contributed by atoms with Gasteiger partial charge in [-0.2, -0.15) is 5.26 Å². The van der Waals surface area contributed by atoms with Gasteiger partial charge in [-0.1, -0.05) is 60.7 Å². The van der Waals surface area contributed by atoms with Crippen molar-refractivity contribution >= 4 is 5.91 Å². The predicted octanol–water partition coefficient (Wildman–Crippen LogP) is 2.64. The van der Waals surface area contributed by atoms with E-state index in [-0.39, 0.29) is 17.5 Å². The fraction of sp³-hybridized carbons (Fsp3) is 0.429. The average Bonchev–Trinajstić information content (AvgIpc) is 2.93. The SMILES string of the molecule is N#C/C(=C/NCCCN1CCOCC1)C(=O)N1CCN(C(c2ccccc2)c2ccccc2)CC1. The summed E-state index contributed by atoms with van der Waals surface area (Å²) in [4.78, 5) is 19.6. The second-order valence-electron chi connectivity index (χ2n) is 8.98. The molecule has 4 rings (SSSR count). The maximum atomic E-state index is 13.0. The Kier molecular flexibility index (Phi) is 9.30. The number of rotatable bonds is 9. The number of ether oxygens (including phenoxy) is 1. The zero-order chi connectivity index (χ0) is 24.3. The van der Waals surface area contributed by atoms with Gasteiger partial charge < -0.3 is 15.0 Å². The first kappa shape index (κ1) is 24.9. The molecule has 7 nitrogen and oxygen atoms in total. The molecule has 35 heavy (non-hydrogen) atoms. The van der Waals surface area contributed by atoms with E-state index < -0.39 is 0 Å². The largest absolute Gasteiger partial charge is 0.390 e. The van der Waals surface area contributed by atoms with Gasteiger partial charge >= 0.3 is 0 Å². The van der Waals surface area contributed by atoms with Crippen LogP contribution in [0.5, 0.6) is 0 Å². The molecule has 2 fully saturated rings. The maximum absolute atomic E-state index is 13.0. The highest BCUT2D eigenvalue weighted by molar-refractivity contribution is 5.97. The number of amides is 1. The summed E-state index contributed by atoms with van der Waals surface area (Å²) in [7, 11) is 0. The van der Waals surface area contributed by atoms with E-state index >= 15 is 0 Å². The van der Waals surface area contributed by atoms with E-state index in [1.165, 1.54) is 11.1 Å².